The van der Waals surface area contributed by atoms with E-state index >= 15 is 0 Å². The lowest BCUT2D eigenvalue weighted by Crippen LogP contribution is -2.50. The Morgan fingerprint density at radius 3 is 2.44 bits per heavy atom. The molecule has 1 heterocycles. The summed E-state index contributed by atoms with van der Waals surface area (Å²) in [4.78, 5) is 17.2. The van der Waals surface area contributed by atoms with Crippen molar-refractivity contribution < 1.29 is 9.53 Å². The Morgan fingerprint density at radius 1 is 1.08 bits per heavy atom. The fourth-order valence-corrected chi connectivity index (χ4v) is 3.70. The number of anilines is 1. The molecule has 1 aliphatic carbocycles. The van der Waals surface area contributed by atoms with Crippen molar-refractivity contribution in [2.75, 3.05) is 25.1 Å². The zero-order valence-corrected chi connectivity index (χ0v) is 14.8. The van der Waals surface area contributed by atoms with E-state index in [2.05, 4.69) is 37.3 Å². The van der Waals surface area contributed by atoms with Crippen LogP contribution >= 0.6 is 0 Å². The predicted octanol–water partition coefficient (Wildman–Crippen LogP) is 4.46. The van der Waals surface area contributed by atoms with Crippen LogP contribution in [0, 0.1) is 5.92 Å². The largest absolute Gasteiger partial charge is 0.497 e. The van der Waals surface area contributed by atoms with Crippen LogP contribution in [-0.2, 0) is 0 Å². The number of urea groups is 1. The van der Waals surface area contributed by atoms with Gasteiger partial charge in [-0.1, -0.05) is 30.3 Å². The minimum absolute atomic E-state index is 0.0462. The molecule has 4 nitrogen and oxygen atoms in total. The zero-order chi connectivity index (χ0) is 17.4. The molecule has 2 aromatic carbocycles. The minimum Gasteiger partial charge on any atom is -0.497 e. The van der Waals surface area contributed by atoms with Gasteiger partial charge < -0.3 is 9.64 Å². The van der Waals surface area contributed by atoms with Crippen molar-refractivity contribution in [3.05, 3.63) is 59.7 Å². The van der Waals surface area contributed by atoms with Gasteiger partial charge in [-0.05, 0) is 49.4 Å². The number of nitrogens with zero attached hydrogens (tertiary/aromatic N) is 2. The van der Waals surface area contributed by atoms with Crippen LogP contribution in [0.4, 0.5) is 10.5 Å². The molecule has 0 N–H and O–H groups in total. The van der Waals surface area contributed by atoms with E-state index in [9.17, 15) is 4.79 Å². The number of carbonyl (C=O) groups excluding carboxylic acids is 1. The summed E-state index contributed by atoms with van der Waals surface area (Å²) in [6.45, 7) is 3.57. The summed E-state index contributed by atoms with van der Waals surface area (Å²) in [7, 11) is 1.67. The average molecular weight is 336 g/mol. The maximum atomic E-state index is 13.2. The Morgan fingerprint density at radius 2 is 1.80 bits per heavy atom. The molecule has 25 heavy (non-hydrogen) atoms. The van der Waals surface area contributed by atoms with Crippen molar-refractivity contribution in [1.82, 2.24) is 4.90 Å². The van der Waals surface area contributed by atoms with Crippen molar-refractivity contribution in [3.8, 4) is 5.75 Å². The van der Waals surface area contributed by atoms with E-state index in [1.807, 2.05) is 28.0 Å². The van der Waals surface area contributed by atoms with Gasteiger partial charge in [0.2, 0.25) is 0 Å². The van der Waals surface area contributed by atoms with Crippen LogP contribution in [-0.4, -0.2) is 31.1 Å². The maximum absolute atomic E-state index is 13.2. The molecule has 4 rings (SSSR count). The third-order valence-corrected chi connectivity index (χ3v) is 5.22. The van der Waals surface area contributed by atoms with E-state index in [0.717, 1.165) is 23.5 Å². The van der Waals surface area contributed by atoms with E-state index in [4.69, 9.17) is 4.74 Å². The first kappa shape index (κ1) is 16.0. The molecule has 1 unspecified atom stereocenters. The molecule has 0 radical (unpaired) electrons. The number of rotatable bonds is 5. The number of fused-ring (bicyclic) bond motifs is 1. The van der Waals surface area contributed by atoms with Crippen LogP contribution in [0.5, 0.6) is 5.75 Å². The molecular weight excluding hydrogens is 312 g/mol. The quantitative estimate of drug-likeness (QED) is 0.808. The SMILES string of the molecule is CCN1C(=O)N(CC2CC2)c2ccccc2C1c1ccc(OC)cc1. The van der Waals surface area contributed by atoms with E-state index in [1.54, 1.807) is 7.11 Å². The lowest BCUT2D eigenvalue weighted by molar-refractivity contribution is 0.189. The summed E-state index contributed by atoms with van der Waals surface area (Å²) in [6, 6.07) is 16.5. The molecule has 2 aliphatic rings. The fourth-order valence-electron chi connectivity index (χ4n) is 3.70. The van der Waals surface area contributed by atoms with Crippen molar-refractivity contribution in [1.29, 1.82) is 0 Å². The minimum atomic E-state index is -0.0462. The molecule has 1 aliphatic heterocycles. The van der Waals surface area contributed by atoms with Gasteiger partial charge in [0.05, 0.1) is 18.8 Å². The number of methoxy groups -OCH3 is 1. The summed E-state index contributed by atoms with van der Waals surface area (Å²) < 4.78 is 5.28. The number of benzene rings is 2. The normalized spacial score (nSPS) is 19.8. The monoisotopic (exact) mass is 336 g/mol. The van der Waals surface area contributed by atoms with Gasteiger partial charge in [-0.25, -0.2) is 4.79 Å². The summed E-state index contributed by atoms with van der Waals surface area (Å²) in [5.41, 5.74) is 3.38. The van der Waals surface area contributed by atoms with Gasteiger partial charge in [-0.15, -0.1) is 0 Å². The van der Waals surface area contributed by atoms with E-state index in [0.29, 0.717) is 12.5 Å². The van der Waals surface area contributed by atoms with Crippen LogP contribution in [0.2, 0.25) is 0 Å². The fraction of sp³-hybridized carbons (Fsp3) is 0.381. The smallest absolute Gasteiger partial charge is 0.325 e. The Bertz CT molecular complexity index is 768. The van der Waals surface area contributed by atoms with Crippen LogP contribution < -0.4 is 9.64 Å². The van der Waals surface area contributed by atoms with E-state index in [-0.39, 0.29) is 12.1 Å². The number of hydrogen-bond donors (Lipinski definition) is 0. The highest BCUT2D eigenvalue weighted by Crippen LogP contribution is 2.42. The molecular formula is C21H24N2O2. The molecule has 4 heteroatoms. The third kappa shape index (κ3) is 2.86. The zero-order valence-electron chi connectivity index (χ0n) is 14.8. The first-order valence-electron chi connectivity index (χ1n) is 9.04. The summed E-state index contributed by atoms with van der Waals surface area (Å²) in [5, 5.41) is 0. The Kier molecular flexibility index (Phi) is 4.12. The maximum Gasteiger partial charge on any atom is 0.325 e. The highest BCUT2D eigenvalue weighted by Gasteiger charge is 2.39. The molecule has 0 spiro atoms. The first-order valence-corrected chi connectivity index (χ1v) is 9.04. The molecule has 2 aromatic rings. The van der Waals surface area contributed by atoms with Crippen molar-refractivity contribution >= 4 is 11.7 Å². The Labute approximate surface area is 149 Å². The average Bonchev–Trinajstić information content (AvgIpc) is 3.48. The van der Waals surface area contributed by atoms with Gasteiger partial charge >= 0.3 is 6.03 Å². The Hall–Kier alpha value is -2.49. The first-order chi connectivity index (χ1) is 12.2. The number of ether oxygens (including phenoxy) is 1. The Balaban J connectivity index is 1.79. The van der Waals surface area contributed by atoms with E-state index in [1.165, 1.54) is 18.4 Å². The van der Waals surface area contributed by atoms with Crippen molar-refractivity contribution in [2.45, 2.75) is 25.8 Å². The van der Waals surface area contributed by atoms with Gasteiger partial charge in [0.1, 0.15) is 5.75 Å². The number of para-hydroxylation sites is 1. The molecule has 0 bridgehead atoms. The molecule has 0 saturated heterocycles. The van der Waals surface area contributed by atoms with Crippen LogP contribution in [0.1, 0.15) is 36.9 Å². The van der Waals surface area contributed by atoms with Crippen molar-refractivity contribution in [3.63, 3.8) is 0 Å². The second kappa shape index (κ2) is 6.43. The number of carbonyl (C=O) groups is 1. The van der Waals surface area contributed by atoms with Crippen LogP contribution in [0.25, 0.3) is 0 Å². The van der Waals surface area contributed by atoms with Crippen molar-refractivity contribution in [2.24, 2.45) is 5.92 Å². The van der Waals surface area contributed by atoms with Gasteiger partial charge in [0.25, 0.3) is 0 Å². The van der Waals surface area contributed by atoms with Crippen LogP contribution in [0.3, 0.4) is 0 Å². The van der Waals surface area contributed by atoms with Gasteiger partial charge in [-0.2, -0.15) is 0 Å². The van der Waals surface area contributed by atoms with Gasteiger partial charge in [0.15, 0.2) is 0 Å². The molecule has 130 valence electrons. The lowest BCUT2D eigenvalue weighted by Gasteiger charge is -2.42. The molecule has 0 aromatic heterocycles. The molecule has 1 saturated carbocycles. The summed E-state index contributed by atoms with van der Waals surface area (Å²) >= 11 is 0. The summed E-state index contributed by atoms with van der Waals surface area (Å²) in [5.74, 6) is 1.49. The highest BCUT2D eigenvalue weighted by atomic mass is 16.5. The molecule has 1 fully saturated rings. The molecule has 2 amide bonds. The highest BCUT2D eigenvalue weighted by molar-refractivity contribution is 5.96. The lowest BCUT2D eigenvalue weighted by atomic mass is 9.93. The second-order valence-corrected chi connectivity index (χ2v) is 6.86. The number of hydrogen-bond acceptors (Lipinski definition) is 2. The molecule has 1 atom stereocenters. The summed E-state index contributed by atoms with van der Waals surface area (Å²) in [6.07, 6.45) is 2.47. The predicted molar refractivity (Wildman–Crippen MR) is 99.1 cm³/mol. The van der Waals surface area contributed by atoms with Gasteiger partial charge in [-0.3, -0.25) is 4.90 Å². The topological polar surface area (TPSA) is 32.8 Å². The second-order valence-electron chi connectivity index (χ2n) is 6.86. The standard InChI is InChI=1S/C21H24N2O2/c1-3-22-20(16-10-12-17(25-2)13-11-16)18-6-4-5-7-19(18)23(21(22)24)14-15-8-9-15/h4-7,10-13,15,20H,3,8-9,14H2,1-2H3. The van der Waals surface area contributed by atoms with Crippen LogP contribution in [0.15, 0.2) is 48.5 Å². The third-order valence-electron chi connectivity index (χ3n) is 5.22. The van der Waals surface area contributed by atoms with E-state index < -0.39 is 0 Å². The number of amides is 2. The van der Waals surface area contributed by atoms with Gasteiger partial charge in [0, 0.05) is 18.7 Å².